The molecule has 6 heteroatoms. The lowest BCUT2D eigenvalue weighted by Crippen LogP contribution is -2.41. The Bertz CT molecular complexity index is 560. The van der Waals surface area contributed by atoms with Crippen molar-refractivity contribution in [2.45, 2.75) is 38.3 Å². The summed E-state index contributed by atoms with van der Waals surface area (Å²) in [6, 6.07) is 7.53. The Morgan fingerprint density at radius 3 is 2.72 bits per heavy atom. The maximum absolute atomic E-state index is 12.5. The van der Waals surface area contributed by atoms with E-state index in [9.17, 15) is 4.79 Å². The lowest BCUT2D eigenvalue weighted by Gasteiger charge is -2.23. The summed E-state index contributed by atoms with van der Waals surface area (Å²) in [5, 5.41) is 2.99. The van der Waals surface area contributed by atoms with E-state index in [1.165, 1.54) is 25.9 Å². The normalized spacial score (nSPS) is 23.0. The quantitative estimate of drug-likeness (QED) is 0.751. The minimum Gasteiger partial charge on any atom is -0.376 e. The summed E-state index contributed by atoms with van der Waals surface area (Å²) in [7, 11) is 0. The van der Waals surface area contributed by atoms with Crippen molar-refractivity contribution < 1.29 is 9.53 Å². The van der Waals surface area contributed by atoms with Crippen molar-refractivity contribution in [1.29, 1.82) is 0 Å². The zero-order chi connectivity index (χ0) is 17.6. The van der Waals surface area contributed by atoms with Crippen molar-refractivity contribution in [3.63, 3.8) is 0 Å². The van der Waals surface area contributed by atoms with E-state index in [0.29, 0.717) is 0 Å². The Balaban J connectivity index is 1.39. The molecule has 1 N–H and O–H groups in total. The van der Waals surface area contributed by atoms with Gasteiger partial charge in [0.05, 0.1) is 18.8 Å². The number of anilines is 1. The van der Waals surface area contributed by atoms with Crippen LogP contribution in [0.25, 0.3) is 0 Å². The number of nitrogens with zero attached hydrogens (tertiary/aromatic N) is 2. The number of rotatable bonds is 7. The van der Waals surface area contributed by atoms with Gasteiger partial charge in [0.25, 0.3) is 0 Å². The van der Waals surface area contributed by atoms with E-state index in [0.717, 1.165) is 42.8 Å². The highest BCUT2D eigenvalue weighted by molar-refractivity contribution is 9.10. The molecule has 2 atom stereocenters. The smallest absolute Gasteiger partial charge is 0.241 e. The second-order valence-electron chi connectivity index (χ2n) is 7.00. The highest BCUT2D eigenvalue weighted by atomic mass is 79.9. The molecule has 0 spiro atoms. The molecule has 2 aliphatic rings. The molecule has 0 unspecified atom stereocenters. The van der Waals surface area contributed by atoms with Crippen LogP contribution < -0.4 is 5.32 Å². The molecule has 2 aliphatic heterocycles. The third-order valence-corrected chi connectivity index (χ3v) is 5.70. The van der Waals surface area contributed by atoms with Crippen molar-refractivity contribution >= 4 is 27.5 Å². The Hall–Kier alpha value is -0.950. The number of carbonyl (C=O) groups excluding carboxylic acids is 1. The first-order chi connectivity index (χ1) is 12.1. The summed E-state index contributed by atoms with van der Waals surface area (Å²) in [4.78, 5) is 17.2. The largest absolute Gasteiger partial charge is 0.376 e. The van der Waals surface area contributed by atoms with E-state index < -0.39 is 0 Å². The number of likely N-dealkylation sites (tertiary alicyclic amines) is 2. The van der Waals surface area contributed by atoms with E-state index in [1.807, 2.05) is 31.2 Å². The minimum absolute atomic E-state index is 0.0417. The van der Waals surface area contributed by atoms with Gasteiger partial charge in [-0.15, -0.1) is 0 Å². The molecule has 3 rings (SSSR count). The number of hydrogen-bond donors (Lipinski definition) is 1. The van der Waals surface area contributed by atoms with Crippen LogP contribution >= 0.6 is 15.9 Å². The number of benzene rings is 1. The third-order valence-electron chi connectivity index (χ3n) is 5.18. The van der Waals surface area contributed by atoms with Gasteiger partial charge in [-0.25, -0.2) is 0 Å². The molecule has 5 nitrogen and oxygen atoms in total. The highest BCUT2D eigenvalue weighted by Crippen LogP contribution is 2.18. The van der Waals surface area contributed by atoms with Crippen LogP contribution in [0.5, 0.6) is 0 Å². The zero-order valence-corrected chi connectivity index (χ0v) is 16.5. The molecule has 1 amide bonds. The summed E-state index contributed by atoms with van der Waals surface area (Å²) in [6.45, 7) is 8.01. The van der Waals surface area contributed by atoms with E-state index in [-0.39, 0.29) is 18.1 Å². The monoisotopic (exact) mass is 409 g/mol. The van der Waals surface area contributed by atoms with Crippen LogP contribution in [0.2, 0.25) is 0 Å². The van der Waals surface area contributed by atoms with Gasteiger partial charge in [-0.3, -0.25) is 9.69 Å². The van der Waals surface area contributed by atoms with Gasteiger partial charge in [-0.2, -0.15) is 0 Å². The first kappa shape index (κ1) is 18.8. The maximum Gasteiger partial charge on any atom is 0.241 e. The van der Waals surface area contributed by atoms with Crippen LogP contribution in [0.4, 0.5) is 5.69 Å². The van der Waals surface area contributed by atoms with Crippen molar-refractivity contribution in [3.8, 4) is 0 Å². The van der Waals surface area contributed by atoms with Gasteiger partial charge < -0.3 is 15.0 Å². The molecule has 0 aromatic heterocycles. The molecular formula is C19H28BrN3O2. The molecular weight excluding hydrogens is 382 g/mol. The molecule has 2 heterocycles. The number of nitrogens with one attached hydrogen (secondary N) is 1. The number of hydrogen-bond acceptors (Lipinski definition) is 4. The Kier molecular flexibility index (Phi) is 6.87. The highest BCUT2D eigenvalue weighted by Gasteiger charge is 2.30. The lowest BCUT2D eigenvalue weighted by atomic mass is 10.2. The van der Waals surface area contributed by atoms with Crippen LogP contribution in [0.3, 0.4) is 0 Å². The zero-order valence-electron chi connectivity index (χ0n) is 14.9. The van der Waals surface area contributed by atoms with Crippen LogP contribution in [0.15, 0.2) is 28.7 Å². The molecule has 0 aliphatic carbocycles. The Morgan fingerprint density at radius 1 is 1.28 bits per heavy atom. The number of carbonyl (C=O) groups is 1. The SMILES string of the molecule is C[C@H](C(=O)Nc1ccc(Br)cc1)N1CC[C@@H](OCCN2CCCC2)C1. The average molecular weight is 410 g/mol. The van der Waals surface area contributed by atoms with Crippen LogP contribution in [0, 0.1) is 0 Å². The molecule has 2 saturated heterocycles. The molecule has 138 valence electrons. The fraction of sp³-hybridized carbons (Fsp3) is 0.632. The molecule has 2 fully saturated rings. The van der Waals surface area contributed by atoms with E-state index in [1.54, 1.807) is 0 Å². The predicted molar refractivity (Wildman–Crippen MR) is 104 cm³/mol. The summed E-state index contributed by atoms with van der Waals surface area (Å²) >= 11 is 3.41. The fourth-order valence-electron chi connectivity index (χ4n) is 3.54. The van der Waals surface area contributed by atoms with Crippen molar-refractivity contribution in [2.75, 3.05) is 44.6 Å². The number of amides is 1. The van der Waals surface area contributed by atoms with Crippen molar-refractivity contribution in [3.05, 3.63) is 28.7 Å². The molecule has 0 radical (unpaired) electrons. The Morgan fingerprint density at radius 2 is 2.00 bits per heavy atom. The third kappa shape index (κ3) is 5.51. The van der Waals surface area contributed by atoms with Crippen LogP contribution in [-0.2, 0) is 9.53 Å². The van der Waals surface area contributed by atoms with Crippen LogP contribution in [-0.4, -0.2) is 67.2 Å². The summed E-state index contributed by atoms with van der Waals surface area (Å²) in [5.41, 5.74) is 0.831. The number of ether oxygens (including phenoxy) is 1. The lowest BCUT2D eigenvalue weighted by molar-refractivity contribution is -0.120. The first-order valence-electron chi connectivity index (χ1n) is 9.26. The molecule has 25 heavy (non-hydrogen) atoms. The summed E-state index contributed by atoms with van der Waals surface area (Å²) in [5.74, 6) is 0.0417. The predicted octanol–water partition coefficient (Wildman–Crippen LogP) is 2.96. The topological polar surface area (TPSA) is 44.8 Å². The fourth-order valence-corrected chi connectivity index (χ4v) is 3.81. The molecule has 1 aromatic carbocycles. The van der Waals surface area contributed by atoms with Gasteiger partial charge in [-0.1, -0.05) is 15.9 Å². The second kappa shape index (κ2) is 9.12. The van der Waals surface area contributed by atoms with Gasteiger partial charge >= 0.3 is 0 Å². The van der Waals surface area contributed by atoms with Crippen LogP contribution in [0.1, 0.15) is 26.2 Å². The van der Waals surface area contributed by atoms with Gasteiger partial charge in [0.1, 0.15) is 0 Å². The minimum atomic E-state index is -0.143. The summed E-state index contributed by atoms with van der Waals surface area (Å²) in [6.07, 6.45) is 3.91. The molecule has 0 bridgehead atoms. The first-order valence-corrected chi connectivity index (χ1v) is 10.1. The standard InChI is InChI=1S/C19H28BrN3O2/c1-15(19(24)21-17-6-4-16(20)5-7-17)23-11-8-18(14-23)25-13-12-22-9-2-3-10-22/h4-7,15,18H,2-3,8-14H2,1H3,(H,21,24)/t15-,18-/m1/s1. The van der Waals surface area contributed by atoms with Gasteiger partial charge in [0.2, 0.25) is 5.91 Å². The van der Waals surface area contributed by atoms with Gasteiger partial charge in [-0.05, 0) is 63.5 Å². The maximum atomic E-state index is 12.5. The van der Waals surface area contributed by atoms with Crippen molar-refractivity contribution in [1.82, 2.24) is 9.80 Å². The van der Waals surface area contributed by atoms with E-state index in [4.69, 9.17) is 4.74 Å². The molecule has 0 saturated carbocycles. The van der Waals surface area contributed by atoms with E-state index in [2.05, 4.69) is 31.0 Å². The average Bonchev–Trinajstić information content (AvgIpc) is 3.28. The van der Waals surface area contributed by atoms with Gasteiger partial charge in [0.15, 0.2) is 0 Å². The van der Waals surface area contributed by atoms with Crippen molar-refractivity contribution in [2.24, 2.45) is 0 Å². The Labute approximate surface area is 158 Å². The molecule has 1 aromatic rings. The second-order valence-corrected chi connectivity index (χ2v) is 7.91. The number of halogens is 1. The van der Waals surface area contributed by atoms with E-state index >= 15 is 0 Å². The summed E-state index contributed by atoms with van der Waals surface area (Å²) < 4.78 is 7.04. The van der Waals surface area contributed by atoms with Gasteiger partial charge in [0, 0.05) is 29.8 Å².